The highest BCUT2D eigenvalue weighted by Gasteiger charge is 2.16. The molecule has 5 rings (SSSR count). The zero-order valence-corrected chi connectivity index (χ0v) is 17.0. The lowest BCUT2D eigenvalue weighted by Crippen LogP contribution is -2.06. The average molecular weight is 445 g/mol. The second kappa shape index (κ2) is 7.25. The Morgan fingerprint density at radius 3 is 2.69 bits per heavy atom. The first-order valence-electron chi connectivity index (χ1n) is 9.26. The van der Waals surface area contributed by atoms with Crippen LogP contribution in [-0.4, -0.2) is 24.6 Å². The molecule has 0 radical (unpaired) electrons. The predicted octanol–water partition coefficient (Wildman–Crippen LogP) is 4.47. The molecule has 0 bridgehead atoms. The van der Waals surface area contributed by atoms with Crippen molar-refractivity contribution in [3.63, 3.8) is 0 Å². The van der Waals surface area contributed by atoms with E-state index in [-0.39, 0.29) is 0 Å². The van der Waals surface area contributed by atoms with Crippen molar-refractivity contribution in [3.05, 3.63) is 83.0 Å². The minimum absolute atomic E-state index is 0.541. The minimum Gasteiger partial charge on any atom is -0.383 e. The van der Waals surface area contributed by atoms with E-state index in [0.29, 0.717) is 5.82 Å². The standard InChI is InChI=1S/C22H17BrN6/c23-20-19(6-5-14-7-9-25-10-8-14)28-22-17(13-27-29(22)21(20)24)16-11-15-3-1-2-4-18(15)26-12-16/h1-4,7-13H,5-6,24H2. The highest BCUT2D eigenvalue weighted by atomic mass is 79.9. The maximum atomic E-state index is 6.36. The van der Waals surface area contributed by atoms with Gasteiger partial charge in [0.15, 0.2) is 5.65 Å². The molecular weight excluding hydrogens is 428 g/mol. The molecule has 0 atom stereocenters. The van der Waals surface area contributed by atoms with Crippen LogP contribution in [0.15, 0.2) is 71.7 Å². The van der Waals surface area contributed by atoms with Crippen molar-refractivity contribution in [2.45, 2.75) is 12.8 Å². The van der Waals surface area contributed by atoms with Crippen molar-refractivity contribution in [3.8, 4) is 11.1 Å². The summed E-state index contributed by atoms with van der Waals surface area (Å²) < 4.78 is 2.45. The van der Waals surface area contributed by atoms with Gasteiger partial charge in [0, 0.05) is 35.1 Å². The molecule has 5 aromatic rings. The Hall–Kier alpha value is -3.32. The number of benzene rings is 1. The molecule has 0 unspecified atom stereocenters. The van der Waals surface area contributed by atoms with Crippen LogP contribution in [0.1, 0.15) is 11.3 Å². The van der Waals surface area contributed by atoms with Gasteiger partial charge >= 0.3 is 0 Å². The zero-order chi connectivity index (χ0) is 19.8. The Morgan fingerprint density at radius 1 is 1.00 bits per heavy atom. The third-order valence-corrected chi connectivity index (χ3v) is 5.86. The first-order valence-corrected chi connectivity index (χ1v) is 10.1. The number of aromatic nitrogens is 5. The summed E-state index contributed by atoms with van der Waals surface area (Å²) in [6, 6.07) is 14.2. The number of halogens is 1. The fourth-order valence-electron chi connectivity index (χ4n) is 3.44. The first-order chi connectivity index (χ1) is 14.2. The summed E-state index contributed by atoms with van der Waals surface area (Å²) in [4.78, 5) is 13.5. The molecule has 0 fully saturated rings. The van der Waals surface area contributed by atoms with Crippen LogP contribution in [0, 0.1) is 0 Å². The number of rotatable bonds is 4. The molecule has 0 saturated carbocycles. The van der Waals surface area contributed by atoms with E-state index in [9.17, 15) is 0 Å². The van der Waals surface area contributed by atoms with Crippen LogP contribution in [0.5, 0.6) is 0 Å². The number of nitrogens with zero attached hydrogens (tertiary/aromatic N) is 5. The lowest BCUT2D eigenvalue weighted by Gasteiger charge is -2.09. The van der Waals surface area contributed by atoms with Crippen LogP contribution >= 0.6 is 15.9 Å². The van der Waals surface area contributed by atoms with Gasteiger partial charge in [0.25, 0.3) is 0 Å². The predicted molar refractivity (Wildman–Crippen MR) is 117 cm³/mol. The Balaban J connectivity index is 1.58. The summed E-state index contributed by atoms with van der Waals surface area (Å²) in [5.74, 6) is 0.541. The molecule has 6 nitrogen and oxygen atoms in total. The number of hydrogen-bond donors (Lipinski definition) is 1. The van der Waals surface area contributed by atoms with Crippen LogP contribution in [0.25, 0.3) is 27.7 Å². The fraction of sp³-hybridized carbons (Fsp3) is 0.0909. The number of hydrogen-bond acceptors (Lipinski definition) is 5. The topological polar surface area (TPSA) is 82.0 Å². The molecule has 0 aliphatic heterocycles. The van der Waals surface area contributed by atoms with Crippen molar-refractivity contribution < 1.29 is 0 Å². The lowest BCUT2D eigenvalue weighted by atomic mass is 10.1. The number of aryl methyl sites for hydroxylation is 2. The van der Waals surface area contributed by atoms with Crippen LogP contribution in [-0.2, 0) is 12.8 Å². The Bertz CT molecular complexity index is 1330. The van der Waals surface area contributed by atoms with Crippen molar-refractivity contribution in [1.82, 2.24) is 24.6 Å². The average Bonchev–Trinajstić information content (AvgIpc) is 3.19. The quantitative estimate of drug-likeness (QED) is 0.442. The van der Waals surface area contributed by atoms with E-state index in [4.69, 9.17) is 10.7 Å². The highest BCUT2D eigenvalue weighted by molar-refractivity contribution is 9.10. The molecule has 0 aliphatic carbocycles. The Labute approximate surface area is 175 Å². The van der Waals surface area contributed by atoms with Crippen LogP contribution < -0.4 is 5.73 Å². The molecule has 4 heterocycles. The van der Waals surface area contributed by atoms with E-state index < -0.39 is 0 Å². The Morgan fingerprint density at radius 2 is 1.83 bits per heavy atom. The van der Waals surface area contributed by atoms with Gasteiger partial charge in [0.2, 0.25) is 0 Å². The molecule has 0 amide bonds. The van der Waals surface area contributed by atoms with Crippen molar-refractivity contribution in [2.24, 2.45) is 0 Å². The van der Waals surface area contributed by atoms with Gasteiger partial charge in [-0.3, -0.25) is 9.97 Å². The van der Waals surface area contributed by atoms with Crippen molar-refractivity contribution in [2.75, 3.05) is 5.73 Å². The molecule has 4 aromatic heterocycles. The monoisotopic (exact) mass is 444 g/mol. The zero-order valence-electron chi connectivity index (χ0n) is 15.5. The molecule has 2 N–H and O–H groups in total. The molecule has 1 aromatic carbocycles. The second-order valence-electron chi connectivity index (χ2n) is 6.82. The van der Waals surface area contributed by atoms with E-state index in [1.165, 1.54) is 5.56 Å². The second-order valence-corrected chi connectivity index (χ2v) is 7.62. The highest BCUT2D eigenvalue weighted by Crippen LogP contribution is 2.31. The minimum atomic E-state index is 0.541. The molecule has 29 heavy (non-hydrogen) atoms. The van der Waals surface area contributed by atoms with Gasteiger partial charge in [0.05, 0.1) is 21.9 Å². The fourth-order valence-corrected chi connectivity index (χ4v) is 3.90. The SMILES string of the molecule is Nc1c(Br)c(CCc2ccncc2)nc2c(-c3cnc4ccccc4c3)cnn12. The molecule has 0 spiro atoms. The summed E-state index contributed by atoms with van der Waals surface area (Å²) in [7, 11) is 0. The molecular formula is C22H17BrN6. The number of anilines is 1. The number of para-hydroxylation sites is 1. The lowest BCUT2D eigenvalue weighted by molar-refractivity contribution is 0.873. The van der Waals surface area contributed by atoms with E-state index in [1.54, 1.807) is 23.1 Å². The van der Waals surface area contributed by atoms with Gasteiger partial charge < -0.3 is 5.73 Å². The summed E-state index contributed by atoms with van der Waals surface area (Å²) in [6.45, 7) is 0. The molecule has 142 valence electrons. The van der Waals surface area contributed by atoms with Gasteiger partial charge in [-0.05, 0) is 58.6 Å². The Kier molecular flexibility index (Phi) is 4.44. The van der Waals surface area contributed by atoms with Crippen LogP contribution in [0.3, 0.4) is 0 Å². The third-order valence-electron chi connectivity index (χ3n) is 4.99. The molecule has 0 aliphatic rings. The summed E-state index contributed by atoms with van der Waals surface area (Å²) in [6.07, 6.45) is 8.87. The first kappa shape index (κ1) is 17.8. The maximum Gasteiger partial charge on any atom is 0.165 e. The summed E-state index contributed by atoms with van der Waals surface area (Å²) >= 11 is 3.60. The molecule has 7 heteroatoms. The number of pyridine rings is 2. The van der Waals surface area contributed by atoms with Crippen LogP contribution in [0.4, 0.5) is 5.82 Å². The number of fused-ring (bicyclic) bond motifs is 2. The van der Waals surface area contributed by atoms with Gasteiger partial charge in [-0.1, -0.05) is 18.2 Å². The number of nitrogen functional groups attached to an aromatic ring is 1. The van der Waals surface area contributed by atoms with Gasteiger partial charge in [-0.15, -0.1) is 0 Å². The van der Waals surface area contributed by atoms with Gasteiger partial charge in [-0.25, -0.2) is 4.98 Å². The van der Waals surface area contributed by atoms with E-state index in [0.717, 1.165) is 50.7 Å². The smallest absolute Gasteiger partial charge is 0.165 e. The van der Waals surface area contributed by atoms with E-state index in [1.807, 2.05) is 36.5 Å². The van der Waals surface area contributed by atoms with E-state index >= 15 is 0 Å². The maximum absolute atomic E-state index is 6.36. The number of nitrogens with two attached hydrogens (primary N) is 1. The normalized spacial score (nSPS) is 11.3. The third kappa shape index (κ3) is 3.23. The van der Waals surface area contributed by atoms with Crippen LogP contribution in [0.2, 0.25) is 0 Å². The van der Waals surface area contributed by atoms with Gasteiger partial charge in [-0.2, -0.15) is 9.61 Å². The largest absolute Gasteiger partial charge is 0.383 e. The van der Waals surface area contributed by atoms with Crippen molar-refractivity contribution in [1.29, 1.82) is 0 Å². The summed E-state index contributed by atoms with van der Waals surface area (Å²) in [5.41, 5.74) is 12.0. The van der Waals surface area contributed by atoms with E-state index in [2.05, 4.69) is 43.1 Å². The van der Waals surface area contributed by atoms with Crippen molar-refractivity contribution >= 4 is 38.3 Å². The van der Waals surface area contributed by atoms with Gasteiger partial charge in [0.1, 0.15) is 5.82 Å². The summed E-state index contributed by atoms with van der Waals surface area (Å²) in [5, 5.41) is 5.53. The molecule has 0 saturated heterocycles.